The molecule has 6 heteroatoms. The predicted octanol–water partition coefficient (Wildman–Crippen LogP) is 2.40. The molecule has 0 saturated heterocycles. The van der Waals surface area contributed by atoms with Gasteiger partial charge in [0.15, 0.2) is 0 Å². The van der Waals surface area contributed by atoms with Crippen LogP contribution in [0.1, 0.15) is 5.56 Å². The van der Waals surface area contributed by atoms with Gasteiger partial charge >= 0.3 is 0 Å². The van der Waals surface area contributed by atoms with Gasteiger partial charge in [0.1, 0.15) is 11.6 Å². The Hall–Kier alpha value is -2.01. The van der Waals surface area contributed by atoms with Crippen LogP contribution in [0.5, 0.6) is 11.6 Å². The topological polar surface area (TPSA) is 87.0 Å². The maximum atomic E-state index is 5.91. The van der Waals surface area contributed by atoms with Crippen molar-refractivity contribution in [2.75, 3.05) is 11.5 Å². The third-order valence-electron chi connectivity index (χ3n) is 2.09. The zero-order valence-corrected chi connectivity index (χ0v) is 9.90. The highest BCUT2D eigenvalue weighted by molar-refractivity contribution is 6.31. The Labute approximate surface area is 103 Å². The number of halogens is 1. The van der Waals surface area contributed by atoms with Gasteiger partial charge in [-0.3, -0.25) is 0 Å². The third-order valence-corrected chi connectivity index (χ3v) is 2.52. The predicted molar refractivity (Wildman–Crippen MR) is 67.1 cm³/mol. The molecular weight excluding hydrogens is 240 g/mol. The molecule has 0 amide bonds. The molecule has 0 saturated carbocycles. The molecule has 0 radical (unpaired) electrons. The minimum atomic E-state index is 0.0747. The lowest BCUT2D eigenvalue weighted by molar-refractivity contribution is 0.463. The van der Waals surface area contributed by atoms with Gasteiger partial charge in [-0.25, -0.2) is 0 Å². The second-order valence-electron chi connectivity index (χ2n) is 3.50. The van der Waals surface area contributed by atoms with E-state index in [0.717, 1.165) is 5.56 Å². The first-order valence-electron chi connectivity index (χ1n) is 4.88. The summed E-state index contributed by atoms with van der Waals surface area (Å²) in [4.78, 5) is 7.66. The summed E-state index contributed by atoms with van der Waals surface area (Å²) in [6.07, 6.45) is 0. The quantitative estimate of drug-likeness (QED) is 0.855. The lowest BCUT2D eigenvalue weighted by Gasteiger charge is -2.07. The number of rotatable bonds is 2. The van der Waals surface area contributed by atoms with E-state index in [-0.39, 0.29) is 11.8 Å². The summed E-state index contributed by atoms with van der Waals surface area (Å²) in [6.45, 7) is 1.89. The maximum Gasteiger partial charge on any atom is 0.226 e. The van der Waals surface area contributed by atoms with E-state index >= 15 is 0 Å². The van der Waals surface area contributed by atoms with E-state index in [0.29, 0.717) is 16.7 Å². The molecular formula is C11H11ClN4O. The highest BCUT2D eigenvalue weighted by Crippen LogP contribution is 2.25. The van der Waals surface area contributed by atoms with Crippen molar-refractivity contribution in [2.45, 2.75) is 6.92 Å². The number of hydrogen-bond acceptors (Lipinski definition) is 5. The van der Waals surface area contributed by atoms with Crippen LogP contribution in [0.4, 0.5) is 11.8 Å². The number of aromatic nitrogens is 2. The van der Waals surface area contributed by atoms with Crippen molar-refractivity contribution in [3.63, 3.8) is 0 Å². The highest BCUT2D eigenvalue weighted by atomic mass is 35.5. The van der Waals surface area contributed by atoms with Gasteiger partial charge in [0.05, 0.1) is 0 Å². The number of nitrogens with zero attached hydrogens (tertiary/aromatic N) is 2. The van der Waals surface area contributed by atoms with Crippen LogP contribution >= 0.6 is 11.6 Å². The summed E-state index contributed by atoms with van der Waals surface area (Å²) < 4.78 is 5.51. The molecule has 0 fully saturated rings. The first-order valence-corrected chi connectivity index (χ1v) is 5.26. The second kappa shape index (κ2) is 4.47. The number of benzene rings is 1. The van der Waals surface area contributed by atoms with Crippen molar-refractivity contribution in [3.05, 3.63) is 34.9 Å². The Morgan fingerprint density at radius 2 is 1.94 bits per heavy atom. The number of nitrogen functional groups attached to an aromatic ring is 2. The summed E-state index contributed by atoms with van der Waals surface area (Å²) in [7, 11) is 0. The van der Waals surface area contributed by atoms with E-state index in [2.05, 4.69) is 9.97 Å². The number of ether oxygens (including phenoxy) is 1. The fourth-order valence-corrected chi connectivity index (χ4v) is 1.43. The fraction of sp³-hybridized carbons (Fsp3) is 0.0909. The molecule has 1 aromatic heterocycles. The maximum absolute atomic E-state index is 5.91. The van der Waals surface area contributed by atoms with Crippen molar-refractivity contribution in [2.24, 2.45) is 0 Å². The van der Waals surface area contributed by atoms with E-state index in [9.17, 15) is 0 Å². The van der Waals surface area contributed by atoms with Crippen LogP contribution < -0.4 is 16.2 Å². The Morgan fingerprint density at radius 3 is 2.59 bits per heavy atom. The Balaban J connectivity index is 2.28. The average molecular weight is 251 g/mol. The second-order valence-corrected chi connectivity index (χ2v) is 3.91. The van der Waals surface area contributed by atoms with Gasteiger partial charge in [0.25, 0.3) is 0 Å². The summed E-state index contributed by atoms with van der Waals surface area (Å²) >= 11 is 5.91. The Kier molecular flexibility index (Phi) is 3.01. The molecule has 0 unspecified atom stereocenters. The van der Waals surface area contributed by atoms with E-state index in [1.54, 1.807) is 18.2 Å². The van der Waals surface area contributed by atoms with Crippen LogP contribution in [0.2, 0.25) is 5.02 Å². The smallest absolute Gasteiger partial charge is 0.226 e. The molecule has 4 N–H and O–H groups in total. The molecule has 0 aliphatic carbocycles. The van der Waals surface area contributed by atoms with E-state index in [4.69, 9.17) is 27.8 Å². The lowest BCUT2D eigenvalue weighted by Crippen LogP contribution is -2.00. The number of nitrogens with two attached hydrogens (primary N) is 2. The molecule has 0 aliphatic rings. The molecule has 1 aromatic carbocycles. The number of anilines is 2. The van der Waals surface area contributed by atoms with Gasteiger partial charge in [0, 0.05) is 11.1 Å². The minimum absolute atomic E-state index is 0.0747. The zero-order valence-electron chi connectivity index (χ0n) is 9.14. The van der Waals surface area contributed by atoms with Crippen molar-refractivity contribution >= 4 is 23.4 Å². The van der Waals surface area contributed by atoms with Crippen molar-refractivity contribution in [1.29, 1.82) is 0 Å². The van der Waals surface area contributed by atoms with E-state index in [1.165, 1.54) is 6.07 Å². The van der Waals surface area contributed by atoms with E-state index < -0.39 is 0 Å². The minimum Gasteiger partial charge on any atom is -0.439 e. The van der Waals surface area contributed by atoms with Crippen LogP contribution in [0.3, 0.4) is 0 Å². The largest absolute Gasteiger partial charge is 0.439 e. The molecule has 5 nitrogen and oxygen atoms in total. The summed E-state index contributed by atoms with van der Waals surface area (Å²) in [5.41, 5.74) is 11.9. The average Bonchev–Trinajstić information content (AvgIpc) is 2.22. The number of hydrogen-bond donors (Lipinski definition) is 2. The Bertz CT molecular complexity index is 539. The first-order chi connectivity index (χ1) is 8.04. The van der Waals surface area contributed by atoms with Gasteiger partial charge in [-0.15, -0.1) is 0 Å². The summed E-state index contributed by atoms with van der Waals surface area (Å²) in [5.74, 6) is 1.25. The van der Waals surface area contributed by atoms with E-state index in [1.807, 2.05) is 6.92 Å². The van der Waals surface area contributed by atoms with Gasteiger partial charge in [-0.05, 0) is 30.7 Å². The standard InChI is InChI=1S/C11H11ClN4O/c1-6-4-7(2-3-8(6)12)17-10-5-9(13)15-11(14)16-10/h2-5H,1H3,(H4,13,14,15,16). The first kappa shape index (κ1) is 11.5. The molecule has 2 aromatic rings. The van der Waals surface area contributed by atoms with Crippen LogP contribution in [0, 0.1) is 6.92 Å². The summed E-state index contributed by atoms with van der Waals surface area (Å²) in [5, 5.41) is 0.680. The zero-order chi connectivity index (χ0) is 12.4. The normalized spacial score (nSPS) is 10.2. The molecule has 0 bridgehead atoms. The van der Waals surface area contributed by atoms with Crippen molar-refractivity contribution < 1.29 is 4.74 Å². The molecule has 88 valence electrons. The van der Waals surface area contributed by atoms with Crippen LogP contribution in [-0.2, 0) is 0 Å². The molecule has 0 spiro atoms. The SMILES string of the molecule is Cc1cc(Oc2cc(N)nc(N)n2)ccc1Cl. The van der Waals surface area contributed by atoms with Crippen molar-refractivity contribution in [3.8, 4) is 11.6 Å². The summed E-state index contributed by atoms with van der Waals surface area (Å²) in [6, 6.07) is 6.79. The van der Waals surface area contributed by atoms with Crippen LogP contribution in [0.15, 0.2) is 24.3 Å². The fourth-order valence-electron chi connectivity index (χ4n) is 1.31. The molecule has 2 rings (SSSR count). The monoisotopic (exact) mass is 250 g/mol. The molecule has 1 heterocycles. The number of aryl methyl sites for hydroxylation is 1. The van der Waals surface area contributed by atoms with Gasteiger partial charge in [0.2, 0.25) is 11.8 Å². The van der Waals surface area contributed by atoms with Gasteiger partial charge in [-0.1, -0.05) is 11.6 Å². The Morgan fingerprint density at radius 1 is 1.18 bits per heavy atom. The highest BCUT2D eigenvalue weighted by Gasteiger charge is 2.04. The third kappa shape index (κ3) is 2.76. The van der Waals surface area contributed by atoms with Gasteiger partial charge < -0.3 is 16.2 Å². The molecule has 0 aliphatic heterocycles. The van der Waals surface area contributed by atoms with Crippen LogP contribution in [0.25, 0.3) is 0 Å². The molecule has 17 heavy (non-hydrogen) atoms. The molecule has 0 atom stereocenters. The lowest BCUT2D eigenvalue weighted by atomic mass is 10.2. The van der Waals surface area contributed by atoms with Gasteiger partial charge in [-0.2, -0.15) is 9.97 Å². The van der Waals surface area contributed by atoms with Crippen molar-refractivity contribution in [1.82, 2.24) is 9.97 Å². The van der Waals surface area contributed by atoms with Crippen LogP contribution in [-0.4, -0.2) is 9.97 Å².